The summed E-state index contributed by atoms with van der Waals surface area (Å²) in [5.74, 6) is 7.63. The molecule has 0 rings (SSSR count). The van der Waals surface area contributed by atoms with Gasteiger partial charge in [-0.25, -0.2) is 0 Å². The monoisotopic (exact) mass is 332 g/mol. The van der Waals surface area contributed by atoms with Crippen molar-refractivity contribution in [2.45, 2.75) is 122 Å². The molecule has 0 heteroatoms. The normalized spacial score (nSPS) is 12.0. The van der Waals surface area contributed by atoms with Crippen LogP contribution in [0.4, 0.5) is 0 Å². The molecule has 0 amide bonds. The van der Waals surface area contributed by atoms with E-state index in [0.717, 1.165) is 31.6 Å². The lowest BCUT2D eigenvalue weighted by molar-refractivity contribution is 0.439. The van der Waals surface area contributed by atoms with Gasteiger partial charge in [0.05, 0.1) is 0 Å². The van der Waals surface area contributed by atoms with Crippen LogP contribution in [0.1, 0.15) is 122 Å². The maximum absolute atomic E-state index is 3.90. The van der Waals surface area contributed by atoms with Gasteiger partial charge in [-0.1, -0.05) is 111 Å². The maximum Gasteiger partial charge on any atom is 0.00886 e. The van der Waals surface area contributed by atoms with Crippen LogP contribution >= 0.6 is 0 Å². The van der Waals surface area contributed by atoms with E-state index >= 15 is 0 Å². The fourth-order valence-corrected chi connectivity index (χ4v) is 3.15. The van der Waals surface area contributed by atoms with Crippen LogP contribution in [0.15, 0.2) is 0 Å². The number of hydrogen-bond acceptors (Lipinski definition) is 0. The Morgan fingerprint density at radius 2 is 0.917 bits per heavy atom. The van der Waals surface area contributed by atoms with E-state index in [4.69, 9.17) is 0 Å². The van der Waals surface area contributed by atoms with Gasteiger partial charge in [0.2, 0.25) is 0 Å². The van der Waals surface area contributed by atoms with Crippen molar-refractivity contribution >= 4 is 0 Å². The van der Waals surface area contributed by atoms with Crippen LogP contribution < -0.4 is 0 Å². The molecule has 0 saturated heterocycles. The molecule has 140 valence electrons. The summed E-state index contributed by atoms with van der Waals surface area (Å²) in [4.78, 5) is 0. The average molecular weight is 333 g/mol. The van der Waals surface area contributed by atoms with Crippen LogP contribution in [0.25, 0.3) is 0 Å². The summed E-state index contributed by atoms with van der Waals surface area (Å²) < 4.78 is 0. The van der Waals surface area contributed by atoms with Crippen molar-refractivity contribution in [3.8, 4) is 11.8 Å². The number of unbranched alkanes of at least 4 members (excludes halogenated alkanes) is 13. The zero-order valence-corrected chi connectivity index (χ0v) is 16.7. The maximum atomic E-state index is 3.90. The summed E-state index contributed by atoms with van der Waals surface area (Å²) in [6.45, 7) is 10.2. The molecule has 0 saturated carbocycles. The van der Waals surface area contributed by atoms with E-state index in [1.165, 1.54) is 89.9 Å². The first kappa shape index (κ1) is 23.6. The van der Waals surface area contributed by atoms with Crippen molar-refractivity contribution in [2.75, 3.05) is 0 Å². The molecule has 0 heterocycles. The molecular formula is C24H44. The van der Waals surface area contributed by atoms with Crippen LogP contribution in [0.3, 0.4) is 0 Å². The lowest BCUT2D eigenvalue weighted by atomic mass is 9.96. The molecule has 0 N–H and O–H groups in total. The lowest BCUT2D eigenvalue weighted by Crippen LogP contribution is -1.95. The van der Waals surface area contributed by atoms with Crippen molar-refractivity contribution in [2.24, 2.45) is 5.92 Å². The third-order valence-electron chi connectivity index (χ3n) is 4.87. The third kappa shape index (κ3) is 19.6. The van der Waals surface area contributed by atoms with Gasteiger partial charge in [-0.15, -0.1) is 11.8 Å². The number of rotatable bonds is 17. The Bertz CT molecular complexity index is 280. The second-order valence-corrected chi connectivity index (χ2v) is 7.49. The SMILES string of the molecule is [CH2]CCCCCCCC#CCCCCC(C)CCCCCCC[CH2]. The van der Waals surface area contributed by atoms with Crippen LogP contribution in [-0.2, 0) is 0 Å². The fraction of sp³-hybridized carbons (Fsp3) is 0.833. The topological polar surface area (TPSA) is 0 Å². The van der Waals surface area contributed by atoms with Gasteiger partial charge in [-0.2, -0.15) is 0 Å². The molecule has 0 nitrogen and oxygen atoms in total. The van der Waals surface area contributed by atoms with E-state index in [9.17, 15) is 0 Å². The second-order valence-electron chi connectivity index (χ2n) is 7.49. The van der Waals surface area contributed by atoms with Crippen molar-refractivity contribution in [1.29, 1.82) is 0 Å². The largest absolute Gasteiger partial charge is 0.103 e. The Labute approximate surface area is 154 Å². The van der Waals surface area contributed by atoms with Crippen LogP contribution in [0.5, 0.6) is 0 Å². The summed E-state index contributed by atoms with van der Waals surface area (Å²) in [5.41, 5.74) is 0. The minimum absolute atomic E-state index is 0.907. The van der Waals surface area contributed by atoms with Crippen molar-refractivity contribution < 1.29 is 0 Å². The molecule has 0 aliphatic heterocycles. The Hall–Kier alpha value is -0.440. The van der Waals surface area contributed by atoms with Gasteiger partial charge in [-0.05, 0) is 18.8 Å². The quantitative estimate of drug-likeness (QED) is 0.185. The van der Waals surface area contributed by atoms with Gasteiger partial charge in [0.25, 0.3) is 0 Å². The van der Waals surface area contributed by atoms with Crippen molar-refractivity contribution in [3.63, 3.8) is 0 Å². The highest BCUT2D eigenvalue weighted by Gasteiger charge is 2.01. The van der Waals surface area contributed by atoms with Crippen LogP contribution in [0.2, 0.25) is 0 Å². The highest BCUT2D eigenvalue weighted by atomic mass is 14.1. The predicted octanol–water partition coefficient (Wildman–Crippen LogP) is 8.32. The van der Waals surface area contributed by atoms with E-state index in [1.54, 1.807) is 0 Å². The molecule has 0 aromatic rings. The summed E-state index contributed by atoms with van der Waals surface area (Å²) in [7, 11) is 0. The third-order valence-corrected chi connectivity index (χ3v) is 4.87. The summed E-state index contributed by atoms with van der Waals surface area (Å²) in [6.07, 6.45) is 23.5. The molecule has 0 aliphatic carbocycles. The average Bonchev–Trinajstić information content (AvgIpc) is 2.59. The molecule has 1 atom stereocenters. The van der Waals surface area contributed by atoms with Gasteiger partial charge < -0.3 is 0 Å². The zero-order chi connectivity index (χ0) is 17.7. The first-order valence-electron chi connectivity index (χ1n) is 10.9. The summed E-state index contributed by atoms with van der Waals surface area (Å²) in [6, 6.07) is 0. The molecule has 0 aromatic carbocycles. The zero-order valence-electron chi connectivity index (χ0n) is 16.7. The van der Waals surface area contributed by atoms with Gasteiger partial charge in [0, 0.05) is 12.8 Å². The van der Waals surface area contributed by atoms with E-state index in [-0.39, 0.29) is 0 Å². The molecule has 2 radical (unpaired) electrons. The Morgan fingerprint density at radius 3 is 1.46 bits per heavy atom. The predicted molar refractivity (Wildman–Crippen MR) is 111 cm³/mol. The standard InChI is InChI=1S/C24H44/c1-4-6-8-10-12-13-14-15-16-17-19-21-23-24(3)22-20-18-11-9-7-5-2/h24H,1-2,4-14,17-23H2,3H3. The Morgan fingerprint density at radius 1 is 0.542 bits per heavy atom. The van der Waals surface area contributed by atoms with Gasteiger partial charge >= 0.3 is 0 Å². The summed E-state index contributed by atoms with van der Waals surface area (Å²) in [5, 5.41) is 0. The van der Waals surface area contributed by atoms with E-state index < -0.39 is 0 Å². The summed E-state index contributed by atoms with van der Waals surface area (Å²) >= 11 is 0. The molecule has 0 bridgehead atoms. The minimum Gasteiger partial charge on any atom is -0.103 e. The second kappa shape index (κ2) is 20.6. The highest BCUT2D eigenvalue weighted by Crippen LogP contribution is 2.17. The first-order chi connectivity index (χ1) is 11.8. The van der Waals surface area contributed by atoms with Gasteiger partial charge in [0.15, 0.2) is 0 Å². The fourth-order valence-electron chi connectivity index (χ4n) is 3.15. The van der Waals surface area contributed by atoms with Crippen molar-refractivity contribution in [1.82, 2.24) is 0 Å². The molecular weight excluding hydrogens is 288 g/mol. The molecule has 0 fully saturated rings. The molecule has 0 aromatic heterocycles. The molecule has 24 heavy (non-hydrogen) atoms. The van der Waals surface area contributed by atoms with E-state index in [2.05, 4.69) is 32.6 Å². The smallest absolute Gasteiger partial charge is 0.00886 e. The molecule has 0 aliphatic rings. The number of hydrogen-bond donors (Lipinski definition) is 0. The van der Waals surface area contributed by atoms with Crippen LogP contribution in [-0.4, -0.2) is 0 Å². The van der Waals surface area contributed by atoms with Crippen molar-refractivity contribution in [3.05, 3.63) is 13.8 Å². The van der Waals surface area contributed by atoms with Gasteiger partial charge in [-0.3, -0.25) is 0 Å². The van der Waals surface area contributed by atoms with Crippen LogP contribution in [0, 0.1) is 31.6 Å². The first-order valence-corrected chi connectivity index (χ1v) is 10.9. The highest BCUT2D eigenvalue weighted by molar-refractivity contribution is 4.98. The van der Waals surface area contributed by atoms with E-state index in [1.807, 2.05) is 0 Å². The van der Waals surface area contributed by atoms with Gasteiger partial charge in [0.1, 0.15) is 0 Å². The Balaban J connectivity index is 3.24. The Kier molecular flexibility index (Phi) is 20.2. The lowest BCUT2D eigenvalue weighted by Gasteiger charge is -2.10. The molecule has 0 spiro atoms. The van der Waals surface area contributed by atoms with E-state index in [0.29, 0.717) is 0 Å². The minimum atomic E-state index is 0.907. The molecule has 1 unspecified atom stereocenters.